The van der Waals surface area contributed by atoms with Crippen LogP contribution >= 0.6 is 0 Å². The Morgan fingerprint density at radius 2 is 2.13 bits per heavy atom. The summed E-state index contributed by atoms with van der Waals surface area (Å²) in [6, 6.07) is 3.58. The molecule has 2 aliphatic heterocycles. The van der Waals surface area contributed by atoms with Gasteiger partial charge in [-0.05, 0) is 38.2 Å². The highest BCUT2D eigenvalue weighted by molar-refractivity contribution is 5.99. The highest BCUT2D eigenvalue weighted by Crippen LogP contribution is 2.39. The van der Waals surface area contributed by atoms with Crippen molar-refractivity contribution in [2.45, 2.75) is 44.6 Å². The Morgan fingerprint density at radius 3 is 2.78 bits per heavy atom. The molecule has 1 unspecified atom stereocenters. The van der Waals surface area contributed by atoms with E-state index in [9.17, 15) is 9.59 Å². The van der Waals surface area contributed by atoms with Crippen molar-refractivity contribution in [2.24, 2.45) is 0 Å². The van der Waals surface area contributed by atoms with Crippen molar-refractivity contribution in [2.75, 3.05) is 19.6 Å². The summed E-state index contributed by atoms with van der Waals surface area (Å²) in [6.07, 6.45) is 5.72. The number of rotatable bonds is 3. The van der Waals surface area contributed by atoms with Crippen molar-refractivity contribution in [1.82, 2.24) is 14.8 Å². The molecule has 2 fully saturated rings. The van der Waals surface area contributed by atoms with Crippen LogP contribution in [0.4, 0.5) is 0 Å². The molecule has 3 rings (SSSR count). The maximum atomic E-state index is 13.0. The van der Waals surface area contributed by atoms with Gasteiger partial charge in [-0.25, -0.2) is 0 Å². The molecule has 1 atom stereocenters. The van der Waals surface area contributed by atoms with E-state index in [1.807, 2.05) is 11.0 Å². The predicted molar refractivity (Wildman–Crippen MR) is 84.6 cm³/mol. The van der Waals surface area contributed by atoms with Crippen LogP contribution in [0.3, 0.4) is 0 Å². The third-order valence-corrected chi connectivity index (χ3v) is 4.97. The smallest absolute Gasteiger partial charge is 0.271 e. The van der Waals surface area contributed by atoms with Crippen LogP contribution in [-0.4, -0.2) is 51.8 Å². The van der Waals surface area contributed by atoms with Crippen molar-refractivity contribution < 1.29 is 9.59 Å². The van der Waals surface area contributed by atoms with E-state index in [4.69, 9.17) is 5.26 Å². The van der Waals surface area contributed by atoms with Gasteiger partial charge in [0, 0.05) is 25.8 Å². The molecule has 1 aromatic heterocycles. The molecule has 2 aliphatic rings. The summed E-state index contributed by atoms with van der Waals surface area (Å²) in [4.78, 5) is 32.4. The normalized spacial score (nSPS) is 24.3. The molecular formula is C17H22N4O2. The molecule has 1 N–H and O–H groups in total. The van der Waals surface area contributed by atoms with Gasteiger partial charge in [0.05, 0.1) is 5.56 Å². The van der Waals surface area contributed by atoms with Crippen LogP contribution in [0.5, 0.6) is 0 Å². The molecule has 0 saturated carbocycles. The second-order valence-corrected chi connectivity index (χ2v) is 6.40. The monoisotopic (exact) mass is 314 g/mol. The van der Waals surface area contributed by atoms with Crippen LogP contribution in [0.1, 0.15) is 55.1 Å². The lowest BCUT2D eigenvalue weighted by Crippen LogP contribution is -2.61. The fraction of sp³-hybridized carbons (Fsp3) is 0.588. The zero-order chi connectivity index (χ0) is 16.4. The predicted octanol–water partition coefficient (Wildman–Crippen LogP) is 1.89. The minimum atomic E-state index is -0.678. The lowest BCUT2D eigenvalue weighted by Gasteiger charge is -2.44. The summed E-state index contributed by atoms with van der Waals surface area (Å²) in [6.45, 7) is 4.21. The van der Waals surface area contributed by atoms with Gasteiger partial charge in [0.2, 0.25) is 5.91 Å². The van der Waals surface area contributed by atoms with Gasteiger partial charge in [0.1, 0.15) is 17.3 Å². The fourth-order valence-corrected chi connectivity index (χ4v) is 3.93. The Labute approximate surface area is 136 Å². The second kappa shape index (κ2) is 6.07. The van der Waals surface area contributed by atoms with E-state index in [2.05, 4.69) is 11.9 Å². The molecule has 6 nitrogen and oxygen atoms in total. The number of nitrogens with one attached hydrogen (secondary N) is 1. The Hall–Kier alpha value is -2.29. The van der Waals surface area contributed by atoms with Crippen LogP contribution in [0.2, 0.25) is 0 Å². The van der Waals surface area contributed by atoms with E-state index < -0.39 is 5.54 Å². The van der Waals surface area contributed by atoms with Crippen molar-refractivity contribution in [3.63, 3.8) is 0 Å². The Morgan fingerprint density at radius 1 is 1.39 bits per heavy atom. The fourth-order valence-electron chi connectivity index (χ4n) is 3.93. The zero-order valence-corrected chi connectivity index (χ0v) is 13.5. The van der Waals surface area contributed by atoms with Crippen LogP contribution in [-0.2, 0) is 4.79 Å². The van der Waals surface area contributed by atoms with Crippen LogP contribution in [0, 0.1) is 11.3 Å². The molecule has 1 spiro atoms. The summed E-state index contributed by atoms with van der Waals surface area (Å²) in [7, 11) is 0. The maximum absolute atomic E-state index is 13.0. The van der Waals surface area contributed by atoms with E-state index in [0.29, 0.717) is 17.8 Å². The number of amides is 2. The number of carbonyl (C=O) groups excluding carboxylic acids is 2. The zero-order valence-electron chi connectivity index (χ0n) is 13.5. The number of H-pyrrole nitrogens is 1. The molecule has 0 aliphatic carbocycles. The summed E-state index contributed by atoms with van der Waals surface area (Å²) in [5, 5.41) is 8.92. The van der Waals surface area contributed by atoms with Crippen LogP contribution < -0.4 is 0 Å². The minimum absolute atomic E-state index is 0.100. The van der Waals surface area contributed by atoms with Crippen molar-refractivity contribution >= 4 is 11.8 Å². The summed E-state index contributed by atoms with van der Waals surface area (Å²) < 4.78 is 0. The number of likely N-dealkylation sites (tertiary alicyclic amines) is 2. The van der Waals surface area contributed by atoms with E-state index in [-0.39, 0.29) is 11.8 Å². The lowest BCUT2D eigenvalue weighted by atomic mass is 9.85. The Balaban J connectivity index is 1.88. The van der Waals surface area contributed by atoms with Gasteiger partial charge in [-0.3, -0.25) is 9.59 Å². The standard InChI is InChI=1S/C17H22N4O2/c1-2-7-20-8-3-5-17(16(20)23)6-4-9-21(17)15(22)14-10-13(11-18)12-19-14/h10,12,19H,2-9H2,1H3. The number of nitriles is 1. The number of aromatic amines is 1. The second-order valence-electron chi connectivity index (χ2n) is 6.40. The third-order valence-electron chi connectivity index (χ3n) is 4.97. The number of nitrogens with zero attached hydrogens (tertiary/aromatic N) is 3. The van der Waals surface area contributed by atoms with E-state index in [1.165, 1.54) is 6.20 Å². The van der Waals surface area contributed by atoms with Gasteiger partial charge >= 0.3 is 0 Å². The quantitative estimate of drug-likeness (QED) is 0.925. The maximum Gasteiger partial charge on any atom is 0.271 e. The first-order valence-electron chi connectivity index (χ1n) is 8.32. The summed E-state index contributed by atoms with van der Waals surface area (Å²) in [5.74, 6) is -0.0702. The Kier molecular flexibility index (Phi) is 4.12. The first-order valence-corrected chi connectivity index (χ1v) is 8.32. The molecule has 122 valence electrons. The number of hydrogen-bond donors (Lipinski definition) is 1. The van der Waals surface area contributed by atoms with E-state index in [0.717, 1.165) is 45.2 Å². The average Bonchev–Trinajstić information content (AvgIpc) is 3.19. The van der Waals surface area contributed by atoms with Gasteiger partial charge in [-0.1, -0.05) is 6.92 Å². The van der Waals surface area contributed by atoms with Crippen molar-refractivity contribution in [3.8, 4) is 6.07 Å². The minimum Gasteiger partial charge on any atom is -0.356 e. The van der Waals surface area contributed by atoms with Gasteiger partial charge in [0.25, 0.3) is 5.91 Å². The lowest BCUT2D eigenvalue weighted by molar-refractivity contribution is -0.145. The first-order chi connectivity index (χ1) is 11.1. The molecule has 1 aromatic rings. The number of piperidine rings is 1. The molecule has 2 amide bonds. The van der Waals surface area contributed by atoms with Gasteiger partial charge in [-0.15, -0.1) is 0 Å². The van der Waals surface area contributed by atoms with Crippen LogP contribution in [0.15, 0.2) is 12.3 Å². The Bertz CT molecular complexity index is 658. The van der Waals surface area contributed by atoms with Crippen molar-refractivity contribution in [1.29, 1.82) is 5.26 Å². The summed E-state index contributed by atoms with van der Waals surface area (Å²) in [5.41, 5.74) is 0.148. The topological polar surface area (TPSA) is 80.2 Å². The molecular weight excluding hydrogens is 292 g/mol. The molecule has 2 saturated heterocycles. The molecule has 23 heavy (non-hydrogen) atoms. The molecule has 0 bridgehead atoms. The van der Waals surface area contributed by atoms with Crippen molar-refractivity contribution in [3.05, 3.63) is 23.5 Å². The van der Waals surface area contributed by atoms with Crippen LogP contribution in [0.25, 0.3) is 0 Å². The average molecular weight is 314 g/mol. The third kappa shape index (κ3) is 2.50. The highest BCUT2D eigenvalue weighted by atomic mass is 16.2. The SMILES string of the molecule is CCCN1CCCC2(CCCN2C(=O)c2cc(C#N)c[nH]2)C1=O. The molecule has 0 radical (unpaired) electrons. The molecule has 6 heteroatoms. The first kappa shape index (κ1) is 15.6. The van der Waals surface area contributed by atoms with Gasteiger partial charge in [-0.2, -0.15) is 5.26 Å². The highest BCUT2D eigenvalue weighted by Gasteiger charge is 2.52. The van der Waals surface area contributed by atoms with E-state index in [1.54, 1.807) is 11.0 Å². The van der Waals surface area contributed by atoms with Gasteiger partial charge < -0.3 is 14.8 Å². The summed E-state index contributed by atoms with van der Waals surface area (Å²) >= 11 is 0. The van der Waals surface area contributed by atoms with Gasteiger partial charge in [0.15, 0.2) is 0 Å². The molecule has 3 heterocycles. The molecule has 0 aromatic carbocycles. The number of aromatic nitrogens is 1. The largest absolute Gasteiger partial charge is 0.356 e. The number of carbonyl (C=O) groups is 2. The van der Waals surface area contributed by atoms with E-state index >= 15 is 0 Å². The number of hydrogen-bond acceptors (Lipinski definition) is 3.